The number of aromatic hydroxyl groups is 1. The van der Waals surface area contributed by atoms with Gasteiger partial charge in [-0.3, -0.25) is 24.0 Å². The fourth-order valence-corrected chi connectivity index (χ4v) is 10.3. The van der Waals surface area contributed by atoms with Crippen LogP contribution in [0.1, 0.15) is 85.4 Å². The van der Waals surface area contributed by atoms with Gasteiger partial charge in [-0.25, -0.2) is 35.5 Å². The highest BCUT2D eigenvalue weighted by atomic mass is 19.3. The zero-order chi connectivity index (χ0) is 46.4. The number of pyridine rings is 2. The van der Waals surface area contributed by atoms with Crippen molar-refractivity contribution in [3.63, 3.8) is 0 Å². The number of piperidine rings is 2. The van der Waals surface area contributed by atoms with Crippen molar-refractivity contribution in [2.24, 2.45) is 11.8 Å². The number of benzene rings is 2. The molecule has 6 atom stereocenters. The van der Waals surface area contributed by atoms with Gasteiger partial charge in [0.25, 0.3) is 29.6 Å². The highest BCUT2D eigenvalue weighted by Gasteiger charge is 2.65. The molecule has 2 saturated carbocycles. The first-order chi connectivity index (χ1) is 30.8. The highest BCUT2D eigenvalue weighted by molar-refractivity contribution is 6.00. The molecular weight excluding hydrogens is 875 g/mol. The number of alkyl halides is 4. The highest BCUT2D eigenvalue weighted by Crippen LogP contribution is 2.54. The van der Waals surface area contributed by atoms with E-state index in [2.05, 4.69) is 5.32 Å². The number of rotatable bonds is 8. The summed E-state index contributed by atoms with van der Waals surface area (Å²) in [5, 5.41) is 12.5. The van der Waals surface area contributed by atoms with Gasteiger partial charge in [-0.2, -0.15) is 0 Å². The van der Waals surface area contributed by atoms with E-state index in [4.69, 9.17) is 9.47 Å². The number of carbonyl (C=O) groups is 4. The Morgan fingerprint density at radius 1 is 0.785 bits per heavy atom. The maximum atomic E-state index is 14.4. The SMILES string of the molecule is CCOC(=O)c1cn2c(c(OCc3ccccc3)c1=O)C(=O)N1[C@@H](C2)[C@H]2C[C@@H]1C(F)(F)C2.O=C(NCc1c(F)cc(F)cc1F)c1cn2c(c(O)c1=O)C(=O)N1[C@@H](C2)[C@H]2C[C@@H]1C(F)(F)C2. The first-order valence-electron chi connectivity index (χ1n) is 20.7. The largest absolute Gasteiger partial charge is 0.503 e. The minimum Gasteiger partial charge on any atom is -0.503 e. The molecule has 2 N–H and O–H groups in total. The molecule has 3 amide bonds. The Morgan fingerprint density at radius 2 is 1.32 bits per heavy atom. The molecule has 4 fully saturated rings. The van der Waals surface area contributed by atoms with E-state index in [9.17, 15) is 64.6 Å². The smallest absolute Gasteiger partial charge is 0.343 e. The monoisotopic (exact) mass is 913 g/mol. The van der Waals surface area contributed by atoms with Crippen LogP contribution in [0.2, 0.25) is 0 Å². The molecule has 65 heavy (non-hydrogen) atoms. The molecule has 2 aliphatic carbocycles. The normalized spacial score (nSPS) is 24.7. The zero-order valence-electron chi connectivity index (χ0n) is 34.2. The van der Waals surface area contributed by atoms with Gasteiger partial charge < -0.3 is 38.8 Å². The van der Waals surface area contributed by atoms with Crippen molar-refractivity contribution >= 4 is 23.7 Å². The number of esters is 1. The molecule has 2 aromatic carbocycles. The molecule has 342 valence electrons. The van der Waals surface area contributed by atoms with Gasteiger partial charge in [-0.15, -0.1) is 0 Å². The Hall–Kier alpha value is -6.67. The number of amides is 3. The minimum absolute atomic E-state index is 0.00629. The average molecular weight is 914 g/mol. The number of hydrogen-bond donors (Lipinski definition) is 2. The van der Waals surface area contributed by atoms with Gasteiger partial charge in [0.1, 0.15) is 35.2 Å². The van der Waals surface area contributed by atoms with Crippen molar-refractivity contribution in [3.05, 3.63) is 126 Å². The summed E-state index contributed by atoms with van der Waals surface area (Å²) in [4.78, 5) is 79.2. The van der Waals surface area contributed by atoms with Crippen LogP contribution in [0.25, 0.3) is 0 Å². The number of hydrogen-bond acceptors (Lipinski definition) is 9. The Labute approximate surface area is 363 Å². The van der Waals surface area contributed by atoms with E-state index in [0.29, 0.717) is 12.1 Å². The van der Waals surface area contributed by atoms with Crippen molar-refractivity contribution < 1.29 is 64.5 Å². The van der Waals surface area contributed by atoms with Crippen LogP contribution in [0, 0.1) is 29.3 Å². The second-order valence-corrected chi connectivity index (χ2v) is 17.0. The van der Waals surface area contributed by atoms with Crippen LogP contribution in [0.15, 0.2) is 64.4 Å². The molecule has 6 heterocycles. The average Bonchev–Trinajstić information content (AvgIpc) is 3.98. The maximum absolute atomic E-state index is 14.4. The molecule has 6 aliphatic rings. The predicted octanol–water partition coefficient (Wildman–Crippen LogP) is 5.01. The van der Waals surface area contributed by atoms with Crippen LogP contribution in [-0.2, 0) is 31.0 Å². The second kappa shape index (κ2) is 15.8. The van der Waals surface area contributed by atoms with Crippen molar-refractivity contribution in [3.8, 4) is 11.5 Å². The molecule has 4 aliphatic heterocycles. The Balaban J connectivity index is 0.000000164. The Morgan fingerprint density at radius 3 is 1.89 bits per heavy atom. The molecule has 0 radical (unpaired) electrons. The lowest BCUT2D eigenvalue weighted by atomic mass is 9.94. The molecule has 2 aromatic heterocycles. The number of halogens is 7. The molecule has 4 aromatic rings. The van der Waals surface area contributed by atoms with Crippen LogP contribution >= 0.6 is 0 Å². The summed E-state index contributed by atoms with van der Waals surface area (Å²) in [5.74, 6) is -15.3. The molecule has 14 nitrogen and oxygen atoms in total. The second-order valence-electron chi connectivity index (χ2n) is 17.0. The van der Waals surface area contributed by atoms with Crippen molar-refractivity contribution in [1.29, 1.82) is 0 Å². The van der Waals surface area contributed by atoms with Crippen molar-refractivity contribution in [2.45, 2.75) is 94.9 Å². The fourth-order valence-electron chi connectivity index (χ4n) is 10.3. The molecule has 4 bridgehead atoms. The van der Waals surface area contributed by atoms with E-state index in [1.54, 1.807) is 31.2 Å². The lowest BCUT2D eigenvalue weighted by Gasteiger charge is -2.43. The first kappa shape index (κ1) is 43.6. The number of ether oxygens (including phenoxy) is 2. The van der Waals surface area contributed by atoms with Gasteiger partial charge in [0.15, 0.2) is 22.9 Å². The van der Waals surface area contributed by atoms with E-state index >= 15 is 0 Å². The van der Waals surface area contributed by atoms with Crippen molar-refractivity contribution in [1.82, 2.24) is 24.3 Å². The van der Waals surface area contributed by atoms with E-state index in [-0.39, 0.29) is 74.9 Å². The number of carbonyl (C=O) groups excluding carboxylic acids is 4. The van der Waals surface area contributed by atoms with Crippen LogP contribution < -0.4 is 20.9 Å². The van der Waals surface area contributed by atoms with Crippen LogP contribution in [0.4, 0.5) is 30.7 Å². The number of nitrogens with one attached hydrogen (secondary N) is 1. The molecule has 0 spiro atoms. The van der Waals surface area contributed by atoms with Crippen molar-refractivity contribution in [2.75, 3.05) is 6.61 Å². The van der Waals surface area contributed by atoms with Gasteiger partial charge in [-0.05, 0) is 37.2 Å². The lowest BCUT2D eigenvalue weighted by molar-refractivity contribution is -0.0871. The van der Waals surface area contributed by atoms with Gasteiger partial charge >= 0.3 is 5.97 Å². The predicted molar refractivity (Wildman–Crippen MR) is 210 cm³/mol. The summed E-state index contributed by atoms with van der Waals surface area (Å²) < 4.78 is 111. The number of fused-ring (bicyclic) bond motifs is 12. The molecular formula is C44H38F7N5O9. The summed E-state index contributed by atoms with van der Waals surface area (Å²) in [7, 11) is 0. The van der Waals surface area contributed by atoms with E-state index in [1.807, 2.05) is 6.07 Å². The zero-order valence-corrected chi connectivity index (χ0v) is 34.2. The van der Waals surface area contributed by atoms with E-state index in [0.717, 1.165) is 16.7 Å². The quantitative estimate of drug-likeness (QED) is 0.182. The third kappa shape index (κ3) is 7.18. The van der Waals surface area contributed by atoms with Crippen LogP contribution in [0.3, 0.4) is 0 Å². The molecule has 2 saturated heterocycles. The number of nitrogens with zero attached hydrogens (tertiary/aromatic N) is 4. The van der Waals surface area contributed by atoms with Gasteiger partial charge in [0, 0.05) is 62.6 Å². The van der Waals surface area contributed by atoms with E-state index < -0.39 is 123 Å². The summed E-state index contributed by atoms with van der Waals surface area (Å²) in [6, 6.07) is 6.40. The van der Waals surface area contributed by atoms with Crippen LogP contribution in [-0.4, -0.2) is 90.4 Å². The Bertz CT molecular complexity index is 2780. The van der Waals surface area contributed by atoms with Gasteiger partial charge in [-0.1, -0.05) is 30.3 Å². The topological polar surface area (TPSA) is 169 Å². The third-order valence-electron chi connectivity index (χ3n) is 13.2. The lowest BCUT2D eigenvalue weighted by Crippen LogP contribution is -2.58. The summed E-state index contributed by atoms with van der Waals surface area (Å²) in [5.41, 5.74) is -3.34. The summed E-state index contributed by atoms with van der Waals surface area (Å²) >= 11 is 0. The molecule has 21 heteroatoms. The van der Waals surface area contributed by atoms with Gasteiger partial charge in [0.05, 0.1) is 30.8 Å². The summed E-state index contributed by atoms with van der Waals surface area (Å²) in [6.45, 7) is 1.17. The molecule has 10 rings (SSSR count). The molecule has 0 unspecified atom stereocenters. The van der Waals surface area contributed by atoms with E-state index in [1.165, 1.54) is 20.2 Å². The minimum atomic E-state index is -3.06. The standard InChI is InChI=1S/C23H22F2N2O5.C21H16F5N3O4/c1-2-31-22(30)15-10-26-11-16-14-8-17(23(24,25)9-14)27(16)21(29)18(26)20(19(15)28)32-12-13-6-4-3-5-7-13;22-9-2-12(23)10(13(24)3-9)5-27-19(32)11-6-28-7-14-8-1-15(21(25,26)4-8)29(14)20(33)16(28)18(31)17(11)30/h3-7,10,14,16-17H,2,8-9,11-12H2,1H3;2-3,6,8,14-15,31H,1,4-5,7H2,(H,27,32)/t14-,16-,17+;8-,14-,15+/m00/s1. The number of aromatic nitrogens is 2. The third-order valence-corrected chi connectivity index (χ3v) is 13.2. The van der Waals surface area contributed by atoms with Crippen LogP contribution in [0.5, 0.6) is 11.5 Å². The Kier molecular flexibility index (Phi) is 10.6. The maximum Gasteiger partial charge on any atom is 0.343 e. The first-order valence-corrected chi connectivity index (χ1v) is 20.7. The summed E-state index contributed by atoms with van der Waals surface area (Å²) in [6.07, 6.45) is 2.01. The van der Waals surface area contributed by atoms with Gasteiger partial charge in [0.2, 0.25) is 10.9 Å². The fraction of sp³-hybridized carbons (Fsp3) is 0.409.